The van der Waals surface area contributed by atoms with E-state index in [1.54, 1.807) is 25.4 Å². The fourth-order valence-electron chi connectivity index (χ4n) is 1.71. The van der Waals surface area contributed by atoms with E-state index in [0.29, 0.717) is 18.4 Å². The van der Waals surface area contributed by atoms with Crippen LogP contribution in [0.15, 0.2) is 18.5 Å². The quantitative estimate of drug-likeness (QED) is 0.760. The van der Waals surface area contributed by atoms with Gasteiger partial charge < -0.3 is 0 Å². The highest BCUT2D eigenvalue weighted by Crippen LogP contribution is 2.36. The second-order valence-corrected chi connectivity index (χ2v) is 4.99. The van der Waals surface area contributed by atoms with Crippen LogP contribution in [-0.4, -0.2) is 33.2 Å². The summed E-state index contributed by atoms with van der Waals surface area (Å²) < 4.78 is 0. The molecule has 1 aromatic heterocycles. The lowest BCUT2D eigenvalue weighted by atomic mass is 9.99. The molecule has 2 heterocycles. The van der Waals surface area contributed by atoms with Gasteiger partial charge in [0, 0.05) is 30.7 Å². The molecular weight excluding hydrogens is 249 g/mol. The van der Waals surface area contributed by atoms with Gasteiger partial charge in [0.15, 0.2) is 0 Å². The van der Waals surface area contributed by atoms with Gasteiger partial charge in [0.25, 0.3) is 5.91 Å². The third kappa shape index (κ3) is 1.76. The van der Waals surface area contributed by atoms with Crippen molar-refractivity contribution in [3.8, 4) is 0 Å². The van der Waals surface area contributed by atoms with Crippen molar-refractivity contribution >= 4 is 35.1 Å². The molecular formula is C10H11Cl2N3O. The van der Waals surface area contributed by atoms with Gasteiger partial charge in [-0.3, -0.25) is 9.69 Å². The minimum Gasteiger partial charge on any atom is -0.279 e. The van der Waals surface area contributed by atoms with Crippen LogP contribution < -0.4 is 4.90 Å². The molecule has 1 fully saturated rings. The first-order valence-electron chi connectivity index (χ1n) is 4.91. The Morgan fingerprint density at radius 3 is 2.69 bits per heavy atom. The van der Waals surface area contributed by atoms with Crippen molar-refractivity contribution in [3.05, 3.63) is 18.5 Å². The molecule has 2 unspecified atom stereocenters. The molecule has 6 heteroatoms. The van der Waals surface area contributed by atoms with E-state index in [4.69, 9.17) is 23.2 Å². The van der Waals surface area contributed by atoms with E-state index >= 15 is 0 Å². The van der Waals surface area contributed by atoms with Crippen molar-refractivity contribution < 1.29 is 4.79 Å². The fourth-order valence-corrected chi connectivity index (χ4v) is 2.44. The van der Waals surface area contributed by atoms with Crippen molar-refractivity contribution in [2.45, 2.75) is 11.8 Å². The number of anilines is 1. The summed E-state index contributed by atoms with van der Waals surface area (Å²) in [5.41, 5.74) is 0. The minimum absolute atomic E-state index is 0.0906. The third-order valence-corrected chi connectivity index (χ3v) is 3.66. The van der Waals surface area contributed by atoms with Gasteiger partial charge in [-0.15, -0.1) is 23.2 Å². The molecule has 1 amide bonds. The maximum Gasteiger partial charge on any atom is 0.250 e. The summed E-state index contributed by atoms with van der Waals surface area (Å²) in [7, 11) is 0. The standard InChI is InChI=1S/C10H11Cl2N3O/c1-10(12)7(5-11)6-15(8(10)16)9-13-3-2-4-14-9/h2-4,7H,5-6H2,1H3. The molecule has 1 aliphatic rings. The Morgan fingerprint density at radius 1 is 1.56 bits per heavy atom. The number of hydrogen-bond donors (Lipinski definition) is 0. The van der Waals surface area contributed by atoms with Gasteiger partial charge in [-0.05, 0) is 13.0 Å². The second kappa shape index (κ2) is 4.18. The van der Waals surface area contributed by atoms with E-state index in [1.165, 1.54) is 4.90 Å². The molecule has 0 aliphatic carbocycles. The van der Waals surface area contributed by atoms with Crippen LogP contribution in [0.2, 0.25) is 0 Å². The Hall–Kier alpha value is -0.870. The molecule has 0 saturated carbocycles. The van der Waals surface area contributed by atoms with Crippen LogP contribution in [0, 0.1) is 5.92 Å². The second-order valence-electron chi connectivity index (χ2n) is 3.89. The molecule has 2 atom stereocenters. The predicted octanol–water partition coefficient (Wildman–Crippen LogP) is 1.68. The fraction of sp³-hybridized carbons (Fsp3) is 0.500. The van der Waals surface area contributed by atoms with Crippen molar-refractivity contribution in [2.75, 3.05) is 17.3 Å². The average molecular weight is 260 g/mol. The molecule has 1 saturated heterocycles. The number of aromatic nitrogens is 2. The first-order valence-corrected chi connectivity index (χ1v) is 5.82. The summed E-state index contributed by atoms with van der Waals surface area (Å²) in [6.45, 7) is 2.15. The molecule has 1 aromatic rings. The Kier molecular flexibility index (Phi) is 3.04. The Labute approximate surface area is 104 Å². The summed E-state index contributed by atoms with van der Waals surface area (Å²) in [6, 6.07) is 1.70. The van der Waals surface area contributed by atoms with Gasteiger partial charge in [-0.1, -0.05) is 0 Å². The number of nitrogens with zero attached hydrogens (tertiary/aromatic N) is 3. The molecule has 2 rings (SSSR count). The van der Waals surface area contributed by atoms with Gasteiger partial charge in [0.2, 0.25) is 5.95 Å². The van der Waals surface area contributed by atoms with Gasteiger partial charge in [0.05, 0.1) is 0 Å². The summed E-state index contributed by atoms with van der Waals surface area (Å²) in [5, 5.41) is 0. The van der Waals surface area contributed by atoms with E-state index in [9.17, 15) is 4.79 Å². The van der Waals surface area contributed by atoms with Crippen molar-refractivity contribution in [1.82, 2.24) is 9.97 Å². The number of amides is 1. The minimum atomic E-state index is -0.957. The normalized spacial score (nSPS) is 29.8. The lowest BCUT2D eigenvalue weighted by Gasteiger charge is -2.18. The lowest BCUT2D eigenvalue weighted by Crippen LogP contribution is -2.36. The Morgan fingerprint density at radius 2 is 2.19 bits per heavy atom. The van der Waals surface area contributed by atoms with E-state index in [1.807, 2.05) is 0 Å². The van der Waals surface area contributed by atoms with Gasteiger partial charge in [-0.25, -0.2) is 9.97 Å². The zero-order valence-corrected chi connectivity index (χ0v) is 10.2. The molecule has 4 nitrogen and oxygen atoms in total. The Bertz CT molecular complexity index is 396. The van der Waals surface area contributed by atoms with Crippen molar-refractivity contribution in [3.63, 3.8) is 0 Å². The van der Waals surface area contributed by atoms with Crippen molar-refractivity contribution in [2.24, 2.45) is 5.92 Å². The summed E-state index contributed by atoms with van der Waals surface area (Å²) in [6.07, 6.45) is 3.18. The number of halogens is 2. The van der Waals surface area contributed by atoms with Crippen LogP contribution in [0.25, 0.3) is 0 Å². The highest BCUT2D eigenvalue weighted by atomic mass is 35.5. The monoisotopic (exact) mass is 259 g/mol. The van der Waals surface area contributed by atoms with Crippen LogP contribution in [0.1, 0.15) is 6.92 Å². The van der Waals surface area contributed by atoms with Gasteiger partial charge in [-0.2, -0.15) is 0 Å². The molecule has 1 aliphatic heterocycles. The maximum atomic E-state index is 12.1. The average Bonchev–Trinajstić information content (AvgIpc) is 2.52. The SMILES string of the molecule is CC1(Cl)C(=O)N(c2ncccn2)CC1CCl. The first-order chi connectivity index (χ1) is 7.57. The molecule has 0 spiro atoms. The molecule has 0 aromatic carbocycles. The third-order valence-electron chi connectivity index (χ3n) is 2.81. The van der Waals surface area contributed by atoms with Gasteiger partial charge >= 0.3 is 0 Å². The van der Waals surface area contributed by atoms with E-state index in [0.717, 1.165) is 0 Å². The number of rotatable bonds is 2. The van der Waals surface area contributed by atoms with Gasteiger partial charge in [0.1, 0.15) is 4.87 Å². The van der Waals surface area contributed by atoms with Crippen LogP contribution >= 0.6 is 23.2 Å². The molecule has 0 radical (unpaired) electrons. The summed E-state index contributed by atoms with van der Waals surface area (Å²) >= 11 is 12.0. The molecule has 0 N–H and O–H groups in total. The van der Waals surface area contributed by atoms with E-state index < -0.39 is 4.87 Å². The smallest absolute Gasteiger partial charge is 0.250 e. The van der Waals surface area contributed by atoms with Crippen molar-refractivity contribution in [1.29, 1.82) is 0 Å². The first kappa shape index (κ1) is 11.6. The maximum absolute atomic E-state index is 12.1. The zero-order chi connectivity index (χ0) is 11.8. The van der Waals surface area contributed by atoms with E-state index in [2.05, 4.69) is 9.97 Å². The topological polar surface area (TPSA) is 46.1 Å². The summed E-state index contributed by atoms with van der Waals surface area (Å²) in [5.74, 6) is 0.444. The predicted molar refractivity (Wildman–Crippen MR) is 62.9 cm³/mol. The highest BCUT2D eigenvalue weighted by molar-refractivity contribution is 6.38. The largest absolute Gasteiger partial charge is 0.279 e. The van der Waals surface area contributed by atoms with Crippen LogP contribution in [0.5, 0.6) is 0 Å². The molecule has 86 valence electrons. The Balaban J connectivity index is 2.30. The summed E-state index contributed by atoms with van der Waals surface area (Å²) in [4.78, 5) is 20.7. The van der Waals surface area contributed by atoms with Crippen LogP contribution in [0.3, 0.4) is 0 Å². The molecule has 16 heavy (non-hydrogen) atoms. The number of carbonyl (C=O) groups is 1. The zero-order valence-electron chi connectivity index (χ0n) is 8.73. The van der Waals surface area contributed by atoms with Crippen LogP contribution in [-0.2, 0) is 4.79 Å². The van der Waals surface area contributed by atoms with Crippen LogP contribution in [0.4, 0.5) is 5.95 Å². The lowest BCUT2D eigenvalue weighted by molar-refractivity contribution is -0.119. The highest BCUT2D eigenvalue weighted by Gasteiger charge is 2.50. The number of alkyl halides is 2. The molecule has 0 bridgehead atoms. The van der Waals surface area contributed by atoms with E-state index in [-0.39, 0.29) is 11.8 Å². The number of hydrogen-bond acceptors (Lipinski definition) is 3. The number of carbonyl (C=O) groups excluding carboxylic acids is 1.